The summed E-state index contributed by atoms with van der Waals surface area (Å²) in [6, 6.07) is 13.5. The highest BCUT2D eigenvalue weighted by Crippen LogP contribution is 2.40. The van der Waals surface area contributed by atoms with E-state index >= 15 is 0 Å². The van der Waals surface area contributed by atoms with Crippen molar-refractivity contribution in [2.45, 2.75) is 52.3 Å². The lowest BCUT2D eigenvalue weighted by atomic mass is 9.95. The summed E-state index contributed by atoms with van der Waals surface area (Å²) >= 11 is 0. The minimum Gasteiger partial charge on any atom is -0.507 e. The van der Waals surface area contributed by atoms with Gasteiger partial charge in [0.15, 0.2) is 0 Å². The van der Waals surface area contributed by atoms with Crippen molar-refractivity contribution in [1.82, 2.24) is 9.88 Å². The van der Waals surface area contributed by atoms with Crippen molar-refractivity contribution in [2.24, 2.45) is 0 Å². The molecule has 1 unspecified atom stereocenters. The van der Waals surface area contributed by atoms with Crippen LogP contribution in [0.15, 0.2) is 72.8 Å². The van der Waals surface area contributed by atoms with Crippen LogP contribution in [0.1, 0.15) is 50.8 Å². The average Bonchev–Trinajstić information content (AvgIpc) is 3.50. The molecule has 1 aliphatic heterocycles. The number of nitrogens with one attached hydrogen (secondary N) is 1. The first kappa shape index (κ1) is 26.0. The van der Waals surface area contributed by atoms with Crippen molar-refractivity contribution in [3.05, 3.63) is 84.0 Å². The van der Waals surface area contributed by atoms with Crippen LogP contribution in [-0.4, -0.2) is 45.9 Å². The van der Waals surface area contributed by atoms with Crippen molar-refractivity contribution >= 4 is 17.4 Å². The lowest BCUT2D eigenvalue weighted by molar-refractivity contribution is -0.695. The summed E-state index contributed by atoms with van der Waals surface area (Å²) in [5.74, 6) is -0.129. The zero-order valence-electron chi connectivity index (χ0n) is 21.5. The lowest BCUT2D eigenvalue weighted by Crippen LogP contribution is -2.36. The molecule has 1 aromatic heterocycles. The number of benzene rings is 2. The van der Waals surface area contributed by atoms with Crippen LogP contribution in [0, 0.1) is 0 Å². The van der Waals surface area contributed by atoms with E-state index in [-0.39, 0.29) is 17.4 Å². The molecule has 4 rings (SSSR count). The molecule has 0 saturated carbocycles. The van der Waals surface area contributed by atoms with E-state index in [1.54, 1.807) is 29.2 Å². The van der Waals surface area contributed by atoms with Gasteiger partial charge in [0, 0.05) is 18.5 Å². The number of amides is 1. The molecule has 1 atom stereocenters. The lowest BCUT2D eigenvalue weighted by Gasteiger charge is -2.25. The molecule has 8 heteroatoms. The molecule has 0 radical (unpaired) electrons. The van der Waals surface area contributed by atoms with E-state index in [1.807, 2.05) is 68.3 Å². The number of Topliss-reactive ketones (excluding diaryl/α,β-unsaturated/α-hetero) is 1. The van der Waals surface area contributed by atoms with E-state index < -0.39 is 17.7 Å². The second-order valence-corrected chi connectivity index (χ2v) is 9.30. The molecule has 0 bridgehead atoms. The molecule has 1 aliphatic rings. The number of aliphatic hydroxyl groups is 1. The molecule has 2 N–H and O–H groups in total. The van der Waals surface area contributed by atoms with Crippen LogP contribution in [0.5, 0.6) is 11.5 Å². The number of aromatic nitrogens is 2. The summed E-state index contributed by atoms with van der Waals surface area (Å²) in [7, 11) is 0. The summed E-state index contributed by atoms with van der Waals surface area (Å²) in [5.41, 5.74) is 1.27. The molecular weight excluding hydrogens is 470 g/mol. The summed E-state index contributed by atoms with van der Waals surface area (Å²) in [6.07, 6.45) is 7.12. The predicted molar refractivity (Wildman–Crippen MR) is 139 cm³/mol. The number of hydrogen-bond donors (Lipinski definition) is 2. The Hall–Kier alpha value is -4.07. The van der Waals surface area contributed by atoms with Crippen LogP contribution >= 0.6 is 0 Å². The number of aliphatic hydroxyl groups excluding tert-OH is 1. The number of carbonyl (C=O) groups excluding carboxylic acids is 2. The number of hydrogen-bond acceptors (Lipinski definition) is 5. The maximum atomic E-state index is 13.3. The Morgan fingerprint density at radius 2 is 1.78 bits per heavy atom. The first-order chi connectivity index (χ1) is 17.9. The fraction of sp³-hybridized carbons (Fsp3) is 0.345. The van der Waals surface area contributed by atoms with Gasteiger partial charge in [-0.15, -0.1) is 0 Å². The van der Waals surface area contributed by atoms with Crippen molar-refractivity contribution in [3.63, 3.8) is 0 Å². The molecule has 8 nitrogen and oxygen atoms in total. The fourth-order valence-corrected chi connectivity index (χ4v) is 4.43. The highest BCUT2D eigenvalue weighted by molar-refractivity contribution is 6.46. The molecule has 1 amide bonds. The van der Waals surface area contributed by atoms with Gasteiger partial charge in [-0.05, 0) is 62.2 Å². The Kier molecular flexibility index (Phi) is 8.28. The predicted octanol–water partition coefficient (Wildman–Crippen LogP) is 4.39. The van der Waals surface area contributed by atoms with Crippen LogP contribution in [0.4, 0.5) is 0 Å². The van der Waals surface area contributed by atoms with Crippen LogP contribution in [0.25, 0.3) is 5.76 Å². The van der Waals surface area contributed by atoms with Crippen molar-refractivity contribution in [2.75, 3.05) is 13.2 Å². The summed E-state index contributed by atoms with van der Waals surface area (Å²) in [4.78, 5) is 31.0. The fourth-order valence-electron chi connectivity index (χ4n) is 4.43. The average molecular weight is 505 g/mol. The maximum absolute atomic E-state index is 13.3. The third-order valence-corrected chi connectivity index (χ3v) is 6.13. The Balaban J connectivity index is 1.68. The standard InChI is InChI=1S/C29H33N3O5/c1-4-18-36-23-10-6-21(7-11-23)26-25(27(33)22-8-12-24(13-9-22)37-20(2)3)28(34)29(35)32(26)16-5-15-31-17-14-30-19-31/h6-14,17,19-20,26H,4-5,15-16,18H2,1-3H3,(H,33,34)/p+1. The highest BCUT2D eigenvalue weighted by atomic mass is 16.5. The number of H-pyrrole nitrogens is 1. The van der Waals surface area contributed by atoms with Gasteiger partial charge in [-0.25, -0.2) is 4.57 Å². The van der Waals surface area contributed by atoms with Crippen molar-refractivity contribution in [1.29, 1.82) is 0 Å². The molecule has 1 fully saturated rings. The number of aryl methyl sites for hydroxylation is 1. The molecule has 0 spiro atoms. The van der Waals surface area contributed by atoms with E-state index in [2.05, 4.69) is 4.98 Å². The Bertz CT molecular complexity index is 1230. The van der Waals surface area contributed by atoms with Crippen LogP contribution in [0.2, 0.25) is 0 Å². The largest absolute Gasteiger partial charge is 0.507 e. The Morgan fingerprint density at radius 1 is 1.08 bits per heavy atom. The third kappa shape index (κ3) is 6.02. The molecule has 1 saturated heterocycles. The van der Waals surface area contributed by atoms with Gasteiger partial charge in [0.05, 0.1) is 30.9 Å². The molecular formula is C29H34N3O5+. The first-order valence-electron chi connectivity index (χ1n) is 12.7. The van der Waals surface area contributed by atoms with Gasteiger partial charge in [0.2, 0.25) is 6.33 Å². The first-order valence-corrected chi connectivity index (χ1v) is 12.7. The number of ether oxygens (including phenoxy) is 2. The van der Waals surface area contributed by atoms with Gasteiger partial charge in [-0.1, -0.05) is 19.1 Å². The Labute approximate surface area is 217 Å². The monoisotopic (exact) mass is 504 g/mol. The van der Waals surface area contributed by atoms with Gasteiger partial charge < -0.3 is 19.5 Å². The third-order valence-electron chi connectivity index (χ3n) is 6.13. The summed E-state index contributed by atoms with van der Waals surface area (Å²) < 4.78 is 13.4. The molecule has 194 valence electrons. The van der Waals surface area contributed by atoms with Crippen LogP contribution in [0.3, 0.4) is 0 Å². The number of nitrogens with zero attached hydrogens (tertiary/aromatic N) is 2. The number of imidazole rings is 1. The summed E-state index contributed by atoms with van der Waals surface area (Å²) in [6.45, 7) is 7.55. The van der Waals surface area contributed by atoms with E-state index in [9.17, 15) is 14.7 Å². The zero-order chi connectivity index (χ0) is 26.4. The van der Waals surface area contributed by atoms with E-state index in [1.165, 1.54) is 0 Å². The minimum atomic E-state index is -0.706. The number of ketones is 1. The molecule has 2 aromatic carbocycles. The maximum Gasteiger partial charge on any atom is 0.295 e. The minimum absolute atomic E-state index is 0.0125. The molecule has 3 aromatic rings. The van der Waals surface area contributed by atoms with Gasteiger partial charge in [-0.3, -0.25) is 14.6 Å². The van der Waals surface area contributed by atoms with Crippen molar-refractivity contribution in [3.8, 4) is 11.5 Å². The van der Waals surface area contributed by atoms with E-state index in [4.69, 9.17) is 9.47 Å². The van der Waals surface area contributed by atoms with Crippen molar-refractivity contribution < 1.29 is 28.7 Å². The smallest absolute Gasteiger partial charge is 0.295 e. The van der Waals surface area contributed by atoms with Gasteiger partial charge in [-0.2, -0.15) is 0 Å². The SMILES string of the molecule is CCCOc1ccc(C2C(=C(O)c3ccc(OC(C)C)cc3)C(=O)C(=O)N2CCC[n+]2cc[nH]c2)cc1. The van der Waals surface area contributed by atoms with Gasteiger partial charge >= 0.3 is 0 Å². The molecule has 0 aliphatic carbocycles. The number of aromatic amines is 1. The quantitative estimate of drug-likeness (QED) is 0.175. The zero-order valence-corrected chi connectivity index (χ0v) is 21.5. The topological polar surface area (TPSA) is 95.7 Å². The second kappa shape index (κ2) is 11.8. The highest BCUT2D eigenvalue weighted by Gasteiger charge is 2.45. The van der Waals surface area contributed by atoms with E-state index in [0.717, 1.165) is 12.0 Å². The van der Waals surface area contributed by atoms with Crippen LogP contribution < -0.4 is 14.0 Å². The number of likely N-dealkylation sites (tertiary alicyclic amines) is 1. The van der Waals surface area contributed by atoms with E-state index in [0.29, 0.717) is 43.2 Å². The Morgan fingerprint density at radius 3 is 2.41 bits per heavy atom. The molecule has 2 heterocycles. The normalized spacial score (nSPS) is 17.0. The molecule has 37 heavy (non-hydrogen) atoms. The number of carbonyl (C=O) groups is 2. The van der Waals surface area contributed by atoms with Gasteiger partial charge in [0.25, 0.3) is 11.7 Å². The van der Waals surface area contributed by atoms with Crippen LogP contribution in [-0.2, 0) is 16.1 Å². The number of rotatable bonds is 11. The second-order valence-electron chi connectivity index (χ2n) is 9.30. The summed E-state index contributed by atoms with van der Waals surface area (Å²) in [5, 5.41) is 11.3. The van der Waals surface area contributed by atoms with Gasteiger partial charge in [0.1, 0.15) is 29.7 Å².